The van der Waals surface area contributed by atoms with E-state index >= 15 is 0 Å². The number of para-hydroxylation sites is 6. The Labute approximate surface area is 722 Å². The van der Waals surface area contributed by atoms with Gasteiger partial charge in [0.15, 0.2) is 17.5 Å². The lowest BCUT2D eigenvalue weighted by Crippen LogP contribution is -2.03. The standard InChI is InChI=1S/C38H19N3O2.C38H21N3O.C38H21N3S/c1-2-8-20(9-3-1)37-38(40-24-13-5-4-12-23(24)39-37)41-25-16-18-29-35-31-21(10-6-14-27(31)42-29)22-11-7-15-28-32(22)36-30(43-28)19-17-26(41)34(36)33(25)35;1-2-10-22(11-3-1)37-38(40-28-17-5-4-16-27(28)39-37)41-29-18-6-12-23-25-14-8-20-31-35(25)36-26(15-9-21-32(36)42-31)24-13-7-19-30(41)34(24)33(23)29;1-2-10-22(11-3-1)37-38(40-28-17-7-6-16-27(28)39-37)41-29-18-8-14-25-23-12-4-5-13-24(23)26-15-9-19-31-34(26)36-32(42-31)21-20-30(41)35(36)33(25)29/h1-19H;2*1-21H. The van der Waals surface area contributed by atoms with E-state index in [0.717, 1.165) is 194 Å². The van der Waals surface area contributed by atoms with Crippen LogP contribution in [0.25, 0.3) is 290 Å². The first-order valence-corrected chi connectivity index (χ1v) is 43.6. The summed E-state index contributed by atoms with van der Waals surface area (Å²) < 4.78 is 29.1. The fraction of sp³-hybridized carbons (Fsp3) is 0. The molecule has 0 aliphatic carbocycles. The van der Waals surface area contributed by atoms with Crippen LogP contribution in [0.1, 0.15) is 0 Å². The minimum atomic E-state index is 0.795. The highest BCUT2D eigenvalue weighted by atomic mass is 32.1. The van der Waals surface area contributed by atoms with Crippen LogP contribution < -0.4 is 0 Å². The Morgan fingerprint density at radius 3 is 0.795 bits per heavy atom. The predicted octanol–water partition coefficient (Wildman–Crippen LogP) is 30.8. The molecule has 10 heterocycles. The fourth-order valence-electron chi connectivity index (χ4n) is 21.5. The molecule has 586 valence electrons. The molecule has 0 spiro atoms. The third-order valence-corrected chi connectivity index (χ3v) is 27.7. The third kappa shape index (κ3) is 9.52. The maximum absolute atomic E-state index is 6.53. The number of benzene rings is 18. The van der Waals surface area contributed by atoms with Gasteiger partial charge in [-0.25, -0.2) is 29.9 Å². The fourth-order valence-corrected chi connectivity index (χ4v) is 22.6. The number of hydrogen-bond donors (Lipinski definition) is 0. The van der Waals surface area contributed by atoms with E-state index in [2.05, 4.69) is 299 Å². The number of thiophene rings is 1. The topological polar surface area (TPSA) is 132 Å². The monoisotopic (exact) mass is 1640 g/mol. The Kier molecular flexibility index (Phi) is 13.9. The van der Waals surface area contributed by atoms with Crippen LogP contribution in [0.5, 0.6) is 0 Å². The van der Waals surface area contributed by atoms with Gasteiger partial charge in [0.1, 0.15) is 50.6 Å². The molecule has 0 aliphatic heterocycles. The van der Waals surface area contributed by atoms with Crippen LogP contribution in [-0.4, -0.2) is 43.6 Å². The Morgan fingerprint density at radius 2 is 0.417 bits per heavy atom. The minimum absolute atomic E-state index is 0.795. The summed E-state index contributed by atoms with van der Waals surface area (Å²) in [4.78, 5) is 31.6. The number of furan rings is 3. The average molecular weight is 1640 g/mol. The van der Waals surface area contributed by atoms with E-state index in [-0.39, 0.29) is 0 Å². The van der Waals surface area contributed by atoms with Crippen molar-refractivity contribution >= 4 is 250 Å². The van der Waals surface area contributed by atoms with Crippen molar-refractivity contribution in [1.29, 1.82) is 0 Å². The Hall–Kier alpha value is -17.0. The molecule has 0 N–H and O–H groups in total. The first-order valence-electron chi connectivity index (χ1n) is 42.8. The highest BCUT2D eigenvalue weighted by molar-refractivity contribution is 7.26. The number of aromatic nitrogens is 9. The summed E-state index contributed by atoms with van der Waals surface area (Å²) in [5.41, 5.74) is 22.9. The minimum Gasteiger partial charge on any atom is -0.456 e. The summed E-state index contributed by atoms with van der Waals surface area (Å²) in [5, 5.41) is 29.0. The number of nitrogens with zero attached hydrogens (tertiary/aromatic N) is 9. The van der Waals surface area contributed by atoms with Crippen LogP contribution in [0.3, 0.4) is 0 Å². The lowest BCUT2D eigenvalue weighted by atomic mass is 9.95. The highest BCUT2D eigenvalue weighted by Crippen LogP contribution is 2.54. The molecule has 0 amide bonds. The van der Waals surface area contributed by atoms with Gasteiger partial charge in [-0.3, -0.25) is 13.7 Å². The Bertz CT molecular complexity index is 9820. The van der Waals surface area contributed by atoms with Gasteiger partial charge < -0.3 is 13.3 Å². The van der Waals surface area contributed by atoms with Crippen molar-refractivity contribution in [2.75, 3.05) is 0 Å². The first-order chi connectivity index (χ1) is 63.0. The molecule has 0 fully saturated rings. The van der Waals surface area contributed by atoms with E-state index in [9.17, 15) is 0 Å². The lowest BCUT2D eigenvalue weighted by Gasteiger charge is -2.13. The highest BCUT2D eigenvalue weighted by Gasteiger charge is 2.31. The molecule has 31 aromatic rings. The maximum atomic E-state index is 6.53. The van der Waals surface area contributed by atoms with Crippen molar-refractivity contribution < 1.29 is 13.3 Å². The van der Waals surface area contributed by atoms with E-state index < -0.39 is 0 Å². The van der Waals surface area contributed by atoms with Crippen LogP contribution in [-0.2, 0) is 0 Å². The van der Waals surface area contributed by atoms with E-state index in [0.29, 0.717) is 0 Å². The summed E-state index contributed by atoms with van der Waals surface area (Å²) >= 11 is 1.88. The van der Waals surface area contributed by atoms with Gasteiger partial charge in [-0.05, 0) is 175 Å². The van der Waals surface area contributed by atoms with Gasteiger partial charge in [-0.2, -0.15) is 0 Å². The molecule has 31 rings (SSSR count). The van der Waals surface area contributed by atoms with Crippen molar-refractivity contribution in [2.45, 2.75) is 0 Å². The normalized spacial score (nSPS) is 12.4. The van der Waals surface area contributed by atoms with Gasteiger partial charge in [-0.1, -0.05) is 249 Å². The van der Waals surface area contributed by atoms with Crippen molar-refractivity contribution in [3.8, 4) is 51.2 Å². The van der Waals surface area contributed by atoms with Crippen LogP contribution in [0.15, 0.2) is 383 Å². The van der Waals surface area contributed by atoms with E-state index in [1.165, 1.54) is 95.6 Å². The molecule has 0 bridgehead atoms. The number of hydrogen-bond acceptors (Lipinski definition) is 10. The Balaban J connectivity index is 0.0000000946. The first kappa shape index (κ1) is 68.6. The molecule has 21 aromatic carbocycles. The van der Waals surface area contributed by atoms with Crippen molar-refractivity contribution in [3.05, 3.63) is 370 Å². The third-order valence-electron chi connectivity index (χ3n) is 26.6. The molecule has 0 radical (unpaired) electrons. The van der Waals surface area contributed by atoms with Gasteiger partial charge in [0.25, 0.3) is 0 Å². The molecule has 0 unspecified atom stereocenters. The van der Waals surface area contributed by atoms with Crippen LogP contribution in [0.4, 0.5) is 0 Å². The molecular weight excluding hydrogens is 1580 g/mol. The van der Waals surface area contributed by atoms with Gasteiger partial charge in [0, 0.05) is 101 Å². The number of fused-ring (bicyclic) bond motifs is 9. The molecule has 0 atom stereocenters. The van der Waals surface area contributed by atoms with Gasteiger partial charge in [-0.15, -0.1) is 11.3 Å². The molecule has 127 heavy (non-hydrogen) atoms. The maximum Gasteiger partial charge on any atom is 0.165 e. The zero-order valence-corrected chi connectivity index (χ0v) is 68.2. The van der Waals surface area contributed by atoms with Gasteiger partial charge in [0.05, 0.1) is 66.2 Å². The molecular formula is C114H61N9O3S. The van der Waals surface area contributed by atoms with Crippen LogP contribution in [0, 0.1) is 0 Å². The molecule has 0 saturated carbocycles. The average Bonchev–Trinajstić information content (AvgIpc) is 1.50. The van der Waals surface area contributed by atoms with Gasteiger partial charge >= 0.3 is 0 Å². The summed E-state index contributed by atoms with van der Waals surface area (Å²) in [6.07, 6.45) is 0. The van der Waals surface area contributed by atoms with Crippen LogP contribution in [0.2, 0.25) is 0 Å². The zero-order chi connectivity index (χ0) is 82.5. The summed E-state index contributed by atoms with van der Waals surface area (Å²) in [6.45, 7) is 0. The number of rotatable bonds is 6. The second-order valence-corrected chi connectivity index (χ2v) is 34.3. The smallest absolute Gasteiger partial charge is 0.165 e. The SMILES string of the molecule is c1ccc(-c2nc3ccccc3nc2-n2c3ccc4oc5cccc6c7cccc8oc9ccc2c(c9c87)c3c4c56)cc1.c1ccc(-c2nc3ccccc3nc2-n2c3cccc4c5cccc6oc7cccc(c8cccc2c8c43)c7c65)cc1.c1ccc(-c2nc3ccccc3nc2-n2c3cccc4c5ccccc5c5cccc6sc7ccc2c(c7c65)c43)cc1. The van der Waals surface area contributed by atoms with Crippen LogP contribution >= 0.6 is 11.3 Å². The zero-order valence-electron chi connectivity index (χ0n) is 67.4. The van der Waals surface area contributed by atoms with Crippen molar-refractivity contribution in [3.63, 3.8) is 0 Å². The van der Waals surface area contributed by atoms with Gasteiger partial charge in [0.2, 0.25) is 0 Å². The van der Waals surface area contributed by atoms with Crippen molar-refractivity contribution in [1.82, 2.24) is 43.6 Å². The lowest BCUT2D eigenvalue weighted by molar-refractivity contribution is 0.669. The van der Waals surface area contributed by atoms with E-state index in [4.69, 9.17) is 43.2 Å². The van der Waals surface area contributed by atoms with E-state index in [1.807, 2.05) is 96.3 Å². The predicted molar refractivity (Wildman–Crippen MR) is 525 cm³/mol. The molecule has 13 heteroatoms. The summed E-state index contributed by atoms with van der Waals surface area (Å²) in [6, 6.07) is 130. The van der Waals surface area contributed by atoms with E-state index in [1.54, 1.807) is 0 Å². The molecule has 0 aliphatic rings. The molecule has 0 saturated heterocycles. The Morgan fingerprint density at radius 1 is 0.165 bits per heavy atom. The quantitative estimate of drug-likeness (QED) is 0.160. The second kappa shape index (κ2) is 25.8. The summed E-state index contributed by atoms with van der Waals surface area (Å²) in [5.74, 6) is 2.47. The van der Waals surface area contributed by atoms with Crippen molar-refractivity contribution in [2.24, 2.45) is 0 Å². The molecule has 10 aromatic heterocycles. The second-order valence-electron chi connectivity index (χ2n) is 33.2. The summed E-state index contributed by atoms with van der Waals surface area (Å²) in [7, 11) is 0. The largest absolute Gasteiger partial charge is 0.456 e. The molecule has 12 nitrogen and oxygen atoms in total.